The second-order valence-corrected chi connectivity index (χ2v) is 5.97. The van der Waals surface area contributed by atoms with Gasteiger partial charge in [-0.15, -0.1) is 0 Å². The van der Waals surface area contributed by atoms with Crippen molar-refractivity contribution in [2.75, 3.05) is 13.1 Å². The molecular weight excluding hydrogens is 288 g/mol. The molecule has 0 aliphatic carbocycles. The predicted molar refractivity (Wildman–Crippen MR) is 75.1 cm³/mol. The molecule has 1 spiro atoms. The zero-order valence-electron chi connectivity index (χ0n) is 12.3. The van der Waals surface area contributed by atoms with E-state index in [1.807, 2.05) is 0 Å². The molecule has 2 aliphatic rings. The molecule has 0 saturated carbocycles. The van der Waals surface area contributed by atoms with Crippen molar-refractivity contribution in [1.82, 2.24) is 20.2 Å². The standard InChI is InChI=1S/C14H18N4O4/c1-8-11(16-7-15-8)12(20)18-4-2-14(3-5-18)9(13(21)22)6-10(19)17-14/h7,9H,2-6H2,1H3,(H,15,16)(H,17,19)(H,21,22)/t9-/m1/s1. The number of aromatic nitrogens is 2. The summed E-state index contributed by atoms with van der Waals surface area (Å²) in [6.45, 7) is 2.60. The maximum absolute atomic E-state index is 12.4. The summed E-state index contributed by atoms with van der Waals surface area (Å²) in [6, 6.07) is 0. The molecule has 0 aromatic carbocycles. The van der Waals surface area contributed by atoms with Gasteiger partial charge in [0, 0.05) is 25.2 Å². The van der Waals surface area contributed by atoms with Crippen LogP contribution in [0.15, 0.2) is 6.33 Å². The van der Waals surface area contributed by atoms with Gasteiger partial charge in [-0.3, -0.25) is 14.4 Å². The van der Waals surface area contributed by atoms with Crippen LogP contribution in [0, 0.1) is 12.8 Å². The van der Waals surface area contributed by atoms with Crippen LogP contribution < -0.4 is 5.32 Å². The molecule has 118 valence electrons. The van der Waals surface area contributed by atoms with E-state index < -0.39 is 17.4 Å². The lowest BCUT2D eigenvalue weighted by Crippen LogP contribution is -2.56. The molecule has 3 N–H and O–H groups in total. The number of rotatable bonds is 2. The van der Waals surface area contributed by atoms with Crippen LogP contribution >= 0.6 is 0 Å². The van der Waals surface area contributed by atoms with Crippen molar-refractivity contribution in [1.29, 1.82) is 0 Å². The Morgan fingerprint density at radius 1 is 1.41 bits per heavy atom. The van der Waals surface area contributed by atoms with Crippen molar-refractivity contribution in [3.8, 4) is 0 Å². The summed E-state index contributed by atoms with van der Waals surface area (Å²) in [5, 5.41) is 12.2. The summed E-state index contributed by atoms with van der Waals surface area (Å²) in [5.41, 5.74) is 0.379. The third-order valence-electron chi connectivity index (χ3n) is 4.72. The summed E-state index contributed by atoms with van der Waals surface area (Å²) in [4.78, 5) is 44.0. The Balaban J connectivity index is 1.72. The van der Waals surface area contributed by atoms with Gasteiger partial charge in [0.1, 0.15) is 5.69 Å². The van der Waals surface area contributed by atoms with Crippen LogP contribution in [0.4, 0.5) is 0 Å². The Kier molecular flexibility index (Phi) is 3.38. The number of carbonyl (C=O) groups is 3. The number of hydrogen-bond donors (Lipinski definition) is 3. The first-order valence-electron chi connectivity index (χ1n) is 7.26. The number of imidazole rings is 1. The van der Waals surface area contributed by atoms with E-state index >= 15 is 0 Å². The summed E-state index contributed by atoms with van der Waals surface area (Å²) in [7, 11) is 0. The van der Waals surface area contributed by atoms with Crippen LogP contribution in [0.2, 0.25) is 0 Å². The molecule has 1 aromatic heterocycles. The summed E-state index contributed by atoms with van der Waals surface area (Å²) >= 11 is 0. The molecule has 8 nitrogen and oxygen atoms in total. The largest absolute Gasteiger partial charge is 0.481 e. The Labute approximate surface area is 126 Å². The predicted octanol–water partition coefficient (Wildman–Crippen LogP) is -0.0864. The fourth-order valence-electron chi connectivity index (χ4n) is 3.43. The number of nitrogens with zero attached hydrogens (tertiary/aromatic N) is 2. The Morgan fingerprint density at radius 2 is 2.09 bits per heavy atom. The van der Waals surface area contributed by atoms with Gasteiger partial charge in [0.05, 0.1) is 17.8 Å². The lowest BCUT2D eigenvalue weighted by Gasteiger charge is -2.41. The highest BCUT2D eigenvalue weighted by atomic mass is 16.4. The van der Waals surface area contributed by atoms with E-state index in [1.54, 1.807) is 11.8 Å². The van der Waals surface area contributed by atoms with Crippen LogP contribution in [0.25, 0.3) is 0 Å². The van der Waals surface area contributed by atoms with E-state index in [0.29, 0.717) is 37.3 Å². The molecule has 22 heavy (non-hydrogen) atoms. The number of carbonyl (C=O) groups excluding carboxylic acids is 2. The molecule has 0 bridgehead atoms. The van der Waals surface area contributed by atoms with Crippen molar-refractivity contribution in [3.63, 3.8) is 0 Å². The molecular formula is C14H18N4O4. The Bertz CT molecular complexity index is 631. The smallest absolute Gasteiger partial charge is 0.309 e. The third kappa shape index (κ3) is 2.24. The van der Waals surface area contributed by atoms with Gasteiger partial charge in [-0.1, -0.05) is 0 Å². The highest BCUT2D eigenvalue weighted by Crippen LogP contribution is 2.37. The third-order valence-corrected chi connectivity index (χ3v) is 4.72. The number of likely N-dealkylation sites (tertiary alicyclic amines) is 1. The summed E-state index contributed by atoms with van der Waals surface area (Å²) < 4.78 is 0. The molecule has 0 unspecified atom stereocenters. The molecule has 3 heterocycles. The van der Waals surface area contributed by atoms with E-state index in [4.69, 9.17) is 0 Å². The topological polar surface area (TPSA) is 115 Å². The number of carboxylic acids is 1. The fourth-order valence-corrected chi connectivity index (χ4v) is 3.43. The zero-order chi connectivity index (χ0) is 15.9. The van der Waals surface area contributed by atoms with E-state index in [1.165, 1.54) is 6.33 Å². The number of nitrogens with one attached hydrogen (secondary N) is 2. The first-order valence-corrected chi connectivity index (χ1v) is 7.26. The maximum atomic E-state index is 12.4. The van der Waals surface area contributed by atoms with Crippen molar-refractivity contribution < 1.29 is 19.5 Å². The van der Waals surface area contributed by atoms with Crippen LogP contribution in [0.5, 0.6) is 0 Å². The van der Waals surface area contributed by atoms with E-state index in [0.717, 1.165) is 0 Å². The first-order chi connectivity index (χ1) is 10.4. The molecule has 8 heteroatoms. The first kappa shape index (κ1) is 14.6. The minimum absolute atomic E-state index is 0.0156. The van der Waals surface area contributed by atoms with E-state index in [2.05, 4.69) is 15.3 Å². The Morgan fingerprint density at radius 3 is 2.64 bits per heavy atom. The van der Waals surface area contributed by atoms with Crippen LogP contribution in [0.3, 0.4) is 0 Å². The van der Waals surface area contributed by atoms with Gasteiger partial charge in [-0.25, -0.2) is 4.98 Å². The fraction of sp³-hybridized carbons (Fsp3) is 0.571. The Hall–Kier alpha value is -2.38. The monoisotopic (exact) mass is 306 g/mol. The number of H-pyrrole nitrogens is 1. The van der Waals surface area contributed by atoms with Gasteiger partial charge in [0.2, 0.25) is 5.91 Å². The second-order valence-electron chi connectivity index (χ2n) is 5.97. The summed E-state index contributed by atoms with van der Waals surface area (Å²) in [5.74, 6) is -2.06. The van der Waals surface area contributed by atoms with Gasteiger partial charge in [0.15, 0.2) is 0 Å². The number of piperidine rings is 1. The SMILES string of the molecule is Cc1[nH]cnc1C(=O)N1CCC2(CC1)NC(=O)C[C@@H]2C(=O)O. The van der Waals surface area contributed by atoms with E-state index in [-0.39, 0.29) is 18.2 Å². The average molecular weight is 306 g/mol. The molecule has 2 fully saturated rings. The van der Waals surface area contributed by atoms with Crippen molar-refractivity contribution in [2.24, 2.45) is 5.92 Å². The van der Waals surface area contributed by atoms with Crippen LogP contribution in [-0.2, 0) is 9.59 Å². The van der Waals surface area contributed by atoms with Crippen molar-refractivity contribution >= 4 is 17.8 Å². The van der Waals surface area contributed by atoms with Gasteiger partial charge >= 0.3 is 5.97 Å². The quantitative estimate of drug-likeness (QED) is 0.706. The molecule has 1 aromatic rings. The lowest BCUT2D eigenvalue weighted by molar-refractivity contribution is -0.144. The average Bonchev–Trinajstić information content (AvgIpc) is 3.03. The van der Waals surface area contributed by atoms with Crippen molar-refractivity contribution in [3.05, 3.63) is 17.7 Å². The van der Waals surface area contributed by atoms with Gasteiger partial charge in [0.25, 0.3) is 5.91 Å². The second kappa shape index (κ2) is 5.11. The number of aryl methyl sites for hydroxylation is 1. The number of hydrogen-bond acceptors (Lipinski definition) is 4. The summed E-state index contributed by atoms with van der Waals surface area (Å²) in [6.07, 6.45) is 2.39. The minimum atomic E-state index is -0.957. The van der Waals surface area contributed by atoms with E-state index in [9.17, 15) is 19.5 Å². The number of carboxylic acid groups (broad SMARTS) is 1. The molecule has 2 aliphatic heterocycles. The molecule has 0 radical (unpaired) electrons. The maximum Gasteiger partial charge on any atom is 0.309 e. The van der Waals surface area contributed by atoms with Crippen molar-refractivity contribution in [2.45, 2.75) is 31.7 Å². The van der Waals surface area contributed by atoms with Gasteiger partial charge < -0.3 is 20.3 Å². The van der Waals surface area contributed by atoms with Crippen LogP contribution in [-0.4, -0.2) is 56.4 Å². The van der Waals surface area contributed by atoms with Gasteiger partial charge in [-0.05, 0) is 19.8 Å². The van der Waals surface area contributed by atoms with Gasteiger partial charge in [-0.2, -0.15) is 0 Å². The number of amides is 2. The molecule has 2 saturated heterocycles. The normalized spacial score (nSPS) is 23.6. The lowest BCUT2D eigenvalue weighted by atomic mass is 9.77. The molecule has 2 amide bonds. The number of aromatic amines is 1. The molecule has 3 rings (SSSR count). The van der Waals surface area contributed by atoms with Crippen LogP contribution in [0.1, 0.15) is 35.4 Å². The zero-order valence-corrected chi connectivity index (χ0v) is 12.3. The minimum Gasteiger partial charge on any atom is -0.481 e. The highest BCUT2D eigenvalue weighted by Gasteiger charge is 2.52. The number of aliphatic carboxylic acids is 1. The molecule has 1 atom stereocenters. The highest BCUT2D eigenvalue weighted by molar-refractivity contribution is 5.93.